The molecular formula is C23H29N5O4. The van der Waals surface area contributed by atoms with Crippen LogP contribution in [0.5, 0.6) is 0 Å². The molecule has 0 saturated carbocycles. The monoisotopic (exact) mass is 439 g/mol. The summed E-state index contributed by atoms with van der Waals surface area (Å²) in [6.45, 7) is 9.21. The van der Waals surface area contributed by atoms with Crippen molar-refractivity contribution in [3.8, 4) is 11.1 Å². The number of rotatable bonds is 4. The number of hydrogen-bond acceptors (Lipinski definition) is 5. The smallest absolute Gasteiger partial charge is 0.414 e. The fourth-order valence-electron chi connectivity index (χ4n) is 4.13. The zero-order chi connectivity index (χ0) is 23.0. The van der Waals surface area contributed by atoms with Gasteiger partial charge in [0.1, 0.15) is 6.54 Å². The number of carbonyl (C=O) groups is 3. The fourth-order valence-corrected chi connectivity index (χ4v) is 4.13. The Balaban J connectivity index is 1.65. The molecule has 9 nitrogen and oxygen atoms in total. The van der Waals surface area contributed by atoms with E-state index in [1.165, 1.54) is 6.92 Å². The van der Waals surface area contributed by atoms with Crippen LogP contribution in [-0.2, 0) is 20.9 Å². The van der Waals surface area contributed by atoms with E-state index in [2.05, 4.69) is 5.10 Å². The van der Waals surface area contributed by atoms with Gasteiger partial charge in [-0.2, -0.15) is 5.10 Å². The van der Waals surface area contributed by atoms with Crippen molar-refractivity contribution in [1.82, 2.24) is 14.7 Å². The highest BCUT2D eigenvalue weighted by atomic mass is 16.6. The van der Waals surface area contributed by atoms with Crippen LogP contribution in [0, 0.1) is 0 Å². The van der Waals surface area contributed by atoms with Crippen LogP contribution in [0.2, 0.25) is 0 Å². The van der Waals surface area contributed by atoms with E-state index >= 15 is 0 Å². The highest BCUT2D eigenvalue weighted by Crippen LogP contribution is 2.39. The van der Waals surface area contributed by atoms with Crippen molar-refractivity contribution >= 4 is 29.3 Å². The maximum atomic E-state index is 12.8. The van der Waals surface area contributed by atoms with Gasteiger partial charge < -0.3 is 14.5 Å². The average Bonchev–Trinajstić information content (AvgIpc) is 3.13. The largest absolute Gasteiger partial charge is 0.446 e. The maximum absolute atomic E-state index is 12.8. The maximum Gasteiger partial charge on any atom is 0.414 e. The Morgan fingerprint density at radius 1 is 1.16 bits per heavy atom. The van der Waals surface area contributed by atoms with Crippen LogP contribution in [-0.4, -0.2) is 64.4 Å². The summed E-state index contributed by atoms with van der Waals surface area (Å²) in [5.74, 6) is -0.0225. The van der Waals surface area contributed by atoms with Crippen molar-refractivity contribution in [3.63, 3.8) is 0 Å². The highest BCUT2D eigenvalue weighted by Gasteiger charge is 2.35. The van der Waals surface area contributed by atoms with Crippen LogP contribution in [0.4, 0.5) is 16.2 Å². The van der Waals surface area contributed by atoms with Gasteiger partial charge in [-0.3, -0.25) is 19.2 Å². The first-order valence-electron chi connectivity index (χ1n) is 11.0. The number of hydrogen-bond donors (Lipinski definition) is 0. The Morgan fingerprint density at radius 3 is 2.53 bits per heavy atom. The van der Waals surface area contributed by atoms with E-state index < -0.39 is 6.09 Å². The third-order valence-corrected chi connectivity index (χ3v) is 5.78. The number of likely N-dealkylation sites (tertiary alicyclic amines) is 1. The first-order valence-corrected chi connectivity index (χ1v) is 11.0. The normalized spacial score (nSPS) is 17.8. The molecule has 9 heteroatoms. The molecule has 0 unspecified atom stereocenters. The lowest BCUT2D eigenvalue weighted by atomic mass is 10.0. The quantitative estimate of drug-likeness (QED) is 0.731. The van der Waals surface area contributed by atoms with Crippen LogP contribution in [0.15, 0.2) is 30.6 Å². The SMILES string of the molecule is CC(=O)N1c2ccc(-c3cnn(CC(=O)N4CCC4)c3)cc2N(C(=O)OC(C)C)C[C@@H]1C. The molecule has 0 aliphatic carbocycles. The van der Waals surface area contributed by atoms with Crippen LogP contribution in [0.1, 0.15) is 34.1 Å². The Bertz CT molecular complexity index is 1040. The molecule has 1 aromatic heterocycles. The zero-order valence-corrected chi connectivity index (χ0v) is 18.9. The van der Waals surface area contributed by atoms with Crippen LogP contribution in [0.25, 0.3) is 11.1 Å². The number of aromatic nitrogens is 2. The summed E-state index contributed by atoms with van der Waals surface area (Å²) in [6, 6.07) is 5.44. The summed E-state index contributed by atoms with van der Waals surface area (Å²) >= 11 is 0. The predicted octanol–water partition coefficient (Wildman–Crippen LogP) is 2.89. The van der Waals surface area contributed by atoms with Gasteiger partial charge in [0.15, 0.2) is 0 Å². The van der Waals surface area contributed by atoms with Crippen LogP contribution in [0.3, 0.4) is 0 Å². The van der Waals surface area contributed by atoms with Gasteiger partial charge in [-0.25, -0.2) is 4.79 Å². The third kappa shape index (κ3) is 4.19. The first-order chi connectivity index (χ1) is 15.2. The molecule has 0 bridgehead atoms. The van der Waals surface area contributed by atoms with E-state index in [1.54, 1.807) is 34.5 Å². The predicted molar refractivity (Wildman–Crippen MR) is 120 cm³/mol. The average molecular weight is 440 g/mol. The Hall–Kier alpha value is -3.36. The number of carbonyl (C=O) groups excluding carboxylic acids is 3. The zero-order valence-electron chi connectivity index (χ0n) is 18.9. The molecule has 0 spiro atoms. The highest BCUT2D eigenvalue weighted by molar-refractivity contribution is 6.03. The van der Waals surface area contributed by atoms with Crippen LogP contribution >= 0.6 is 0 Å². The molecule has 32 heavy (non-hydrogen) atoms. The van der Waals surface area contributed by atoms with Crippen LogP contribution < -0.4 is 9.80 Å². The number of amides is 3. The summed E-state index contributed by atoms with van der Waals surface area (Å²) in [5.41, 5.74) is 2.95. The van der Waals surface area contributed by atoms with E-state index in [0.29, 0.717) is 17.9 Å². The molecule has 2 aliphatic heterocycles. The standard InChI is InChI=1S/C23H29N5O4/c1-15(2)32-23(31)27-12-16(3)28(17(4)29)20-7-6-18(10-21(20)27)19-11-24-26(13-19)14-22(30)25-8-5-9-25/h6-7,10-11,13,15-16H,5,8-9,12,14H2,1-4H3/t16-/m0/s1. The molecule has 1 aromatic carbocycles. The van der Waals surface area contributed by atoms with Crippen molar-refractivity contribution in [2.75, 3.05) is 29.4 Å². The Labute approximate surface area is 187 Å². The second kappa shape index (κ2) is 8.64. The van der Waals surface area contributed by atoms with Gasteiger partial charge in [0.2, 0.25) is 11.8 Å². The molecular weight excluding hydrogens is 410 g/mol. The van der Waals surface area contributed by atoms with Crippen molar-refractivity contribution in [1.29, 1.82) is 0 Å². The van der Waals surface area contributed by atoms with Gasteiger partial charge in [0, 0.05) is 38.3 Å². The summed E-state index contributed by atoms with van der Waals surface area (Å²) in [6.07, 6.45) is 3.89. The Morgan fingerprint density at radius 2 is 1.91 bits per heavy atom. The molecule has 170 valence electrons. The van der Waals surface area contributed by atoms with Crippen molar-refractivity contribution in [2.24, 2.45) is 0 Å². The molecule has 0 radical (unpaired) electrons. The van der Waals surface area contributed by atoms with E-state index in [-0.39, 0.29) is 30.5 Å². The molecule has 0 N–H and O–H groups in total. The summed E-state index contributed by atoms with van der Waals surface area (Å²) in [5, 5.41) is 4.33. The summed E-state index contributed by atoms with van der Waals surface area (Å²) < 4.78 is 7.08. The van der Waals surface area contributed by atoms with Crippen molar-refractivity contribution < 1.29 is 19.1 Å². The minimum Gasteiger partial charge on any atom is -0.446 e. The number of nitrogens with zero attached hydrogens (tertiary/aromatic N) is 5. The molecule has 2 aliphatic rings. The molecule has 1 fully saturated rings. The topological polar surface area (TPSA) is 88.0 Å². The lowest BCUT2D eigenvalue weighted by molar-refractivity contribution is -0.135. The lowest BCUT2D eigenvalue weighted by Gasteiger charge is -2.40. The minimum absolute atomic E-state index is 0.0602. The van der Waals surface area contributed by atoms with Crippen molar-refractivity contribution in [2.45, 2.75) is 52.8 Å². The van der Waals surface area contributed by atoms with E-state index in [9.17, 15) is 14.4 Å². The summed E-state index contributed by atoms with van der Waals surface area (Å²) in [4.78, 5) is 42.5. The van der Waals surface area contributed by atoms with Gasteiger partial charge in [-0.1, -0.05) is 6.07 Å². The molecule has 3 amide bonds. The first kappa shape index (κ1) is 21.9. The van der Waals surface area contributed by atoms with E-state index in [4.69, 9.17) is 4.74 Å². The second-order valence-electron chi connectivity index (χ2n) is 8.65. The molecule has 2 aromatic rings. The molecule has 3 heterocycles. The van der Waals surface area contributed by atoms with Gasteiger partial charge in [0.05, 0.1) is 29.7 Å². The third-order valence-electron chi connectivity index (χ3n) is 5.78. The van der Waals surface area contributed by atoms with Gasteiger partial charge in [0.25, 0.3) is 0 Å². The lowest BCUT2D eigenvalue weighted by Crippen LogP contribution is -2.51. The molecule has 1 saturated heterocycles. The summed E-state index contributed by atoms with van der Waals surface area (Å²) in [7, 11) is 0. The van der Waals surface area contributed by atoms with Gasteiger partial charge in [-0.15, -0.1) is 0 Å². The fraction of sp³-hybridized carbons (Fsp3) is 0.478. The molecule has 1 atom stereocenters. The number of benzene rings is 1. The number of anilines is 2. The number of ether oxygens (including phenoxy) is 1. The van der Waals surface area contributed by atoms with Gasteiger partial charge in [-0.05, 0) is 44.9 Å². The van der Waals surface area contributed by atoms with E-state index in [0.717, 1.165) is 30.6 Å². The second-order valence-corrected chi connectivity index (χ2v) is 8.65. The number of fused-ring (bicyclic) bond motifs is 1. The van der Waals surface area contributed by atoms with E-state index in [1.807, 2.05) is 36.2 Å². The Kier molecular flexibility index (Phi) is 5.90. The molecule has 4 rings (SSSR count). The van der Waals surface area contributed by atoms with Crippen molar-refractivity contribution in [3.05, 3.63) is 30.6 Å². The minimum atomic E-state index is -0.440. The van der Waals surface area contributed by atoms with Gasteiger partial charge >= 0.3 is 6.09 Å².